The fourth-order valence-electron chi connectivity index (χ4n) is 2.87. The Morgan fingerprint density at radius 2 is 1.97 bits per heavy atom. The van der Waals surface area contributed by atoms with Crippen LogP contribution in [-0.2, 0) is 4.79 Å². The molecule has 29 heavy (non-hydrogen) atoms. The highest BCUT2D eigenvalue weighted by Crippen LogP contribution is 2.35. The molecule has 0 N–H and O–H groups in total. The number of nitro benzene ring substituents is 1. The number of rotatable bonds is 6. The number of benzene rings is 2. The maximum Gasteiger partial charge on any atom is 0.272 e. The topological polar surface area (TPSA) is 75.8 Å². The Balaban J connectivity index is 1.97. The van der Waals surface area contributed by atoms with E-state index in [0.29, 0.717) is 33.7 Å². The average molecular weight is 410 g/mol. The van der Waals surface area contributed by atoms with Crippen molar-refractivity contribution in [2.75, 3.05) is 6.54 Å². The van der Waals surface area contributed by atoms with Crippen LogP contribution in [0.25, 0.3) is 6.08 Å². The zero-order valence-corrected chi connectivity index (χ0v) is 17.5. The Hall–Kier alpha value is -2.93. The largest absolute Gasteiger partial charge is 0.286 e. The lowest BCUT2D eigenvalue weighted by atomic mass is 10.1. The van der Waals surface area contributed by atoms with Gasteiger partial charge in [0.15, 0.2) is 5.17 Å². The Morgan fingerprint density at radius 1 is 1.24 bits per heavy atom. The normalized spacial score (nSPS) is 17.9. The van der Waals surface area contributed by atoms with Crippen LogP contribution in [0.1, 0.15) is 31.4 Å². The Kier molecular flexibility index (Phi) is 6.49. The van der Waals surface area contributed by atoms with Gasteiger partial charge in [0.25, 0.3) is 11.6 Å². The van der Waals surface area contributed by atoms with Crippen molar-refractivity contribution in [1.82, 2.24) is 4.90 Å². The average Bonchev–Trinajstić information content (AvgIpc) is 2.98. The van der Waals surface area contributed by atoms with Crippen LogP contribution in [0.2, 0.25) is 0 Å². The van der Waals surface area contributed by atoms with E-state index in [1.54, 1.807) is 30.0 Å². The third kappa shape index (κ3) is 4.92. The molecule has 0 bridgehead atoms. The molecule has 1 aliphatic heterocycles. The maximum atomic E-state index is 13.1. The molecule has 3 rings (SSSR count). The highest BCUT2D eigenvalue weighted by Gasteiger charge is 2.34. The van der Waals surface area contributed by atoms with E-state index in [-0.39, 0.29) is 11.6 Å². The summed E-state index contributed by atoms with van der Waals surface area (Å²) in [6.45, 7) is 6.47. The summed E-state index contributed by atoms with van der Waals surface area (Å²) in [4.78, 5) is 30.8. The SMILES string of the molecule is CC[C@H](C)CN1C(=O)/C(=C\c2ccc(C)c([N+](=O)[O-])c2)SC1=Nc1ccccc1. The molecule has 0 saturated carbocycles. The number of carbonyl (C=O) groups is 1. The van der Waals surface area contributed by atoms with Crippen molar-refractivity contribution in [1.29, 1.82) is 0 Å². The molecule has 1 atom stereocenters. The van der Waals surface area contributed by atoms with Gasteiger partial charge in [-0.3, -0.25) is 19.8 Å². The molecule has 2 aromatic rings. The van der Waals surface area contributed by atoms with Crippen molar-refractivity contribution < 1.29 is 9.72 Å². The number of aryl methyl sites for hydroxylation is 1. The standard InChI is InChI=1S/C22H23N3O3S/c1-4-15(2)14-24-21(26)20(29-22(24)23-18-8-6-5-7-9-18)13-17-11-10-16(3)19(12-17)25(27)28/h5-13,15H,4,14H2,1-3H3/b20-13+,23-22?/t15-/m0/s1. The summed E-state index contributed by atoms with van der Waals surface area (Å²) in [5.41, 5.74) is 2.04. The monoisotopic (exact) mass is 409 g/mol. The Morgan fingerprint density at radius 3 is 2.62 bits per heavy atom. The van der Waals surface area contributed by atoms with Crippen molar-refractivity contribution >= 4 is 40.3 Å². The van der Waals surface area contributed by atoms with Gasteiger partial charge in [0, 0.05) is 18.2 Å². The van der Waals surface area contributed by atoms with Gasteiger partial charge in [-0.15, -0.1) is 0 Å². The molecule has 0 aliphatic carbocycles. The molecule has 1 amide bonds. The van der Waals surface area contributed by atoms with Crippen LogP contribution in [0, 0.1) is 23.0 Å². The van der Waals surface area contributed by atoms with Crippen LogP contribution in [0.3, 0.4) is 0 Å². The minimum atomic E-state index is -0.404. The van der Waals surface area contributed by atoms with Crippen LogP contribution in [0.5, 0.6) is 0 Å². The Labute approximate surface area is 174 Å². The molecule has 150 valence electrons. The van der Waals surface area contributed by atoms with Crippen LogP contribution in [0.15, 0.2) is 58.4 Å². The molecule has 7 heteroatoms. The summed E-state index contributed by atoms with van der Waals surface area (Å²) in [6, 6.07) is 14.5. The lowest BCUT2D eigenvalue weighted by Crippen LogP contribution is -2.33. The summed E-state index contributed by atoms with van der Waals surface area (Å²) in [5.74, 6) is 0.216. The fourth-order valence-corrected chi connectivity index (χ4v) is 3.88. The summed E-state index contributed by atoms with van der Waals surface area (Å²) >= 11 is 1.31. The van der Waals surface area contributed by atoms with Crippen molar-refractivity contribution in [3.05, 3.63) is 74.7 Å². The number of hydrogen-bond donors (Lipinski definition) is 0. The number of nitro groups is 1. The first-order chi connectivity index (χ1) is 13.9. The van der Waals surface area contributed by atoms with E-state index >= 15 is 0 Å². The van der Waals surface area contributed by atoms with E-state index in [0.717, 1.165) is 12.1 Å². The summed E-state index contributed by atoms with van der Waals surface area (Å²) < 4.78 is 0. The quantitative estimate of drug-likeness (QED) is 0.356. The third-order valence-electron chi connectivity index (χ3n) is 4.79. The molecule has 1 saturated heterocycles. The number of hydrogen-bond acceptors (Lipinski definition) is 5. The second-order valence-corrected chi connectivity index (χ2v) is 8.08. The van der Waals surface area contributed by atoms with E-state index in [4.69, 9.17) is 0 Å². The van der Waals surface area contributed by atoms with E-state index in [1.807, 2.05) is 30.3 Å². The first kappa shape index (κ1) is 20.8. The van der Waals surface area contributed by atoms with Crippen molar-refractivity contribution in [2.24, 2.45) is 10.9 Å². The van der Waals surface area contributed by atoms with Crippen LogP contribution in [0.4, 0.5) is 11.4 Å². The van der Waals surface area contributed by atoms with Crippen molar-refractivity contribution in [3.8, 4) is 0 Å². The Bertz CT molecular complexity index is 986. The lowest BCUT2D eigenvalue weighted by molar-refractivity contribution is -0.385. The highest BCUT2D eigenvalue weighted by molar-refractivity contribution is 8.18. The molecule has 2 aromatic carbocycles. The van der Waals surface area contributed by atoms with Gasteiger partial charge in [-0.1, -0.05) is 50.6 Å². The lowest BCUT2D eigenvalue weighted by Gasteiger charge is -2.19. The van der Waals surface area contributed by atoms with Gasteiger partial charge >= 0.3 is 0 Å². The third-order valence-corrected chi connectivity index (χ3v) is 5.79. The number of amides is 1. The van der Waals surface area contributed by atoms with E-state index in [9.17, 15) is 14.9 Å². The molecular formula is C22H23N3O3S. The van der Waals surface area contributed by atoms with E-state index in [2.05, 4.69) is 18.8 Å². The number of thioether (sulfide) groups is 1. The maximum absolute atomic E-state index is 13.1. The molecule has 1 heterocycles. The van der Waals surface area contributed by atoms with Gasteiger partial charge in [-0.25, -0.2) is 4.99 Å². The van der Waals surface area contributed by atoms with Gasteiger partial charge in [0.1, 0.15) is 0 Å². The molecule has 0 spiro atoms. The summed E-state index contributed by atoms with van der Waals surface area (Å²) in [6.07, 6.45) is 2.66. The number of nitrogens with zero attached hydrogens (tertiary/aromatic N) is 3. The van der Waals surface area contributed by atoms with Crippen molar-refractivity contribution in [3.63, 3.8) is 0 Å². The zero-order valence-electron chi connectivity index (χ0n) is 16.7. The zero-order chi connectivity index (χ0) is 21.0. The van der Waals surface area contributed by atoms with E-state index < -0.39 is 4.92 Å². The molecule has 1 aliphatic rings. The predicted molar refractivity (Wildman–Crippen MR) is 118 cm³/mol. The minimum Gasteiger partial charge on any atom is -0.286 e. The second-order valence-electron chi connectivity index (χ2n) is 7.07. The van der Waals surface area contributed by atoms with Gasteiger partial charge in [0.2, 0.25) is 0 Å². The molecular weight excluding hydrogens is 386 g/mol. The number of amidine groups is 1. The van der Waals surface area contributed by atoms with Gasteiger partial charge < -0.3 is 0 Å². The smallest absolute Gasteiger partial charge is 0.272 e. The molecule has 1 fully saturated rings. The minimum absolute atomic E-state index is 0.0458. The van der Waals surface area contributed by atoms with E-state index in [1.165, 1.54) is 17.8 Å². The first-order valence-corrected chi connectivity index (χ1v) is 10.3. The summed E-state index contributed by atoms with van der Waals surface area (Å²) in [7, 11) is 0. The number of aliphatic imine (C=N–C) groups is 1. The predicted octanol–water partition coefficient (Wildman–Crippen LogP) is 5.55. The summed E-state index contributed by atoms with van der Waals surface area (Å²) in [5, 5.41) is 11.9. The second kappa shape index (κ2) is 9.05. The molecule has 6 nitrogen and oxygen atoms in total. The van der Waals surface area contributed by atoms with Gasteiger partial charge in [0.05, 0.1) is 15.5 Å². The molecule has 0 aromatic heterocycles. The van der Waals surface area contributed by atoms with Crippen molar-refractivity contribution in [2.45, 2.75) is 27.2 Å². The highest BCUT2D eigenvalue weighted by atomic mass is 32.2. The number of carbonyl (C=O) groups excluding carboxylic acids is 1. The molecule has 0 radical (unpaired) electrons. The van der Waals surface area contributed by atoms with Crippen LogP contribution in [-0.4, -0.2) is 27.4 Å². The van der Waals surface area contributed by atoms with Crippen LogP contribution >= 0.6 is 11.8 Å². The fraction of sp³-hybridized carbons (Fsp3) is 0.273. The van der Waals surface area contributed by atoms with Gasteiger partial charge in [-0.05, 0) is 48.4 Å². The van der Waals surface area contributed by atoms with Gasteiger partial charge in [-0.2, -0.15) is 0 Å². The van der Waals surface area contributed by atoms with Crippen LogP contribution < -0.4 is 0 Å². The number of para-hydroxylation sites is 1. The molecule has 0 unspecified atom stereocenters. The first-order valence-electron chi connectivity index (χ1n) is 9.49.